The first-order chi connectivity index (χ1) is 11.6. The first-order valence-electron chi connectivity index (χ1n) is 8.01. The maximum atomic E-state index is 12.4. The van der Waals surface area contributed by atoms with Crippen LogP contribution in [0.3, 0.4) is 0 Å². The molecule has 0 aromatic rings. The highest BCUT2D eigenvalue weighted by atomic mass is 16.6. The molecule has 0 aromatic carbocycles. The van der Waals surface area contributed by atoms with E-state index in [0.717, 1.165) is 0 Å². The second-order valence-electron chi connectivity index (χ2n) is 6.92. The molecule has 3 aliphatic rings. The lowest BCUT2D eigenvalue weighted by molar-refractivity contribution is -0.153. The summed E-state index contributed by atoms with van der Waals surface area (Å²) >= 11 is 0. The van der Waals surface area contributed by atoms with Gasteiger partial charge in [0, 0.05) is 23.1 Å². The summed E-state index contributed by atoms with van der Waals surface area (Å²) in [5, 5.41) is 11.3. The Morgan fingerprint density at radius 2 is 2.04 bits per heavy atom. The molecule has 0 unspecified atom stereocenters. The van der Waals surface area contributed by atoms with E-state index in [1.165, 1.54) is 13.0 Å². The fourth-order valence-electron chi connectivity index (χ4n) is 3.90. The van der Waals surface area contributed by atoms with Crippen LogP contribution in [0, 0.1) is 5.92 Å². The van der Waals surface area contributed by atoms with E-state index in [1.54, 1.807) is 13.8 Å². The topological polar surface area (TPSA) is 89.9 Å². The summed E-state index contributed by atoms with van der Waals surface area (Å²) in [6, 6.07) is 0. The third-order valence-corrected chi connectivity index (χ3v) is 5.15. The quantitative estimate of drug-likeness (QED) is 0.604. The Bertz CT molecular complexity index is 799. The zero-order valence-electron chi connectivity index (χ0n) is 14.4. The molecule has 25 heavy (non-hydrogen) atoms. The highest BCUT2D eigenvalue weighted by Gasteiger charge is 2.61. The number of hydrogen-bond acceptors (Lipinski definition) is 6. The van der Waals surface area contributed by atoms with E-state index in [2.05, 4.69) is 13.2 Å². The van der Waals surface area contributed by atoms with Crippen molar-refractivity contribution >= 4 is 17.7 Å². The van der Waals surface area contributed by atoms with Crippen molar-refractivity contribution in [1.82, 2.24) is 0 Å². The van der Waals surface area contributed by atoms with Crippen molar-refractivity contribution in [2.24, 2.45) is 5.92 Å². The van der Waals surface area contributed by atoms with Crippen molar-refractivity contribution in [3.63, 3.8) is 0 Å². The van der Waals surface area contributed by atoms with Gasteiger partial charge in [0.05, 0.1) is 5.92 Å². The van der Waals surface area contributed by atoms with Crippen LogP contribution in [0.5, 0.6) is 0 Å². The second kappa shape index (κ2) is 5.52. The Hall–Kier alpha value is -2.47. The van der Waals surface area contributed by atoms with Gasteiger partial charge < -0.3 is 14.6 Å². The average Bonchev–Trinajstić information content (AvgIpc) is 2.90. The van der Waals surface area contributed by atoms with Gasteiger partial charge in [0.2, 0.25) is 0 Å². The van der Waals surface area contributed by atoms with Crippen molar-refractivity contribution in [3.05, 3.63) is 47.1 Å². The fraction of sp³-hybridized carbons (Fsp3) is 0.421. The van der Waals surface area contributed by atoms with E-state index < -0.39 is 35.7 Å². The van der Waals surface area contributed by atoms with Gasteiger partial charge in [-0.05, 0) is 32.4 Å². The average molecular weight is 344 g/mol. The Kier molecular flexibility index (Phi) is 3.84. The third kappa shape index (κ3) is 2.32. The number of hydrogen-bond donors (Lipinski definition) is 1. The number of esters is 2. The number of fused-ring (bicyclic) bond motifs is 3. The Labute approximate surface area is 145 Å². The summed E-state index contributed by atoms with van der Waals surface area (Å²) in [6.45, 7) is 12.2. The first kappa shape index (κ1) is 17.4. The standard InChI is InChI=1S/C19H20O6/c1-8(2)17(21)24-13-6-9(3)15-12(20)7-10(4)19(15,23)16-14(13)11(5)18(22)25-16/h7,13-14,16,23H,1,5-6H2,2-4H3/t13-,14+,16-,19-/m0/s1. The molecule has 0 aromatic heterocycles. The number of aliphatic hydroxyl groups is 1. The van der Waals surface area contributed by atoms with Gasteiger partial charge in [-0.2, -0.15) is 0 Å². The van der Waals surface area contributed by atoms with E-state index >= 15 is 0 Å². The van der Waals surface area contributed by atoms with Gasteiger partial charge in [-0.15, -0.1) is 0 Å². The minimum absolute atomic E-state index is 0.124. The lowest BCUT2D eigenvalue weighted by atomic mass is 9.78. The van der Waals surface area contributed by atoms with Crippen molar-refractivity contribution in [1.29, 1.82) is 0 Å². The van der Waals surface area contributed by atoms with Crippen LogP contribution in [0.1, 0.15) is 27.2 Å². The lowest BCUT2D eigenvalue weighted by Gasteiger charge is -2.34. The fourth-order valence-corrected chi connectivity index (χ4v) is 3.90. The first-order valence-corrected chi connectivity index (χ1v) is 8.01. The van der Waals surface area contributed by atoms with Crippen molar-refractivity contribution in [2.45, 2.75) is 45.0 Å². The predicted molar refractivity (Wildman–Crippen MR) is 88.2 cm³/mol. The molecule has 1 aliphatic heterocycles. The molecule has 6 nitrogen and oxygen atoms in total. The molecule has 0 amide bonds. The highest BCUT2D eigenvalue weighted by Crippen LogP contribution is 2.50. The number of rotatable bonds is 2. The molecule has 1 heterocycles. The monoisotopic (exact) mass is 344 g/mol. The van der Waals surface area contributed by atoms with Crippen LogP contribution in [-0.4, -0.2) is 40.6 Å². The minimum Gasteiger partial charge on any atom is -0.458 e. The molecule has 0 radical (unpaired) electrons. The smallest absolute Gasteiger partial charge is 0.334 e. The van der Waals surface area contributed by atoms with Crippen molar-refractivity contribution < 1.29 is 29.0 Å². The van der Waals surface area contributed by atoms with Gasteiger partial charge in [0.1, 0.15) is 12.2 Å². The van der Waals surface area contributed by atoms with E-state index in [9.17, 15) is 19.5 Å². The zero-order valence-corrected chi connectivity index (χ0v) is 14.4. The molecule has 6 heteroatoms. The highest BCUT2D eigenvalue weighted by molar-refractivity contribution is 6.11. The number of carbonyl (C=O) groups excluding carboxylic acids is 3. The van der Waals surface area contributed by atoms with Crippen LogP contribution < -0.4 is 0 Å². The molecular formula is C19H20O6. The maximum Gasteiger partial charge on any atom is 0.334 e. The molecule has 0 saturated carbocycles. The van der Waals surface area contributed by atoms with Crippen molar-refractivity contribution in [3.8, 4) is 0 Å². The Balaban J connectivity index is 2.14. The van der Waals surface area contributed by atoms with Crippen LogP contribution >= 0.6 is 0 Å². The van der Waals surface area contributed by atoms with E-state index in [0.29, 0.717) is 11.1 Å². The number of allylic oxidation sites excluding steroid dienone is 1. The summed E-state index contributed by atoms with van der Waals surface area (Å²) < 4.78 is 10.9. The molecule has 1 saturated heterocycles. The van der Waals surface area contributed by atoms with E-state index in [-0.39, 0.29) is 28.9 Å². The molecule has 2 aliphatic carbocycles. The molecule has 0 bridgehead atoms. The van der Waals surface area contributed by atoms with Gasteiger partial charge in [-0.1, -0.05) is 18.7 Å². The summed E-state index contributed by atoms with van der Waals surface area (Å²) in [7, 11) is 0. The summed E-state index contributed by atoms with van der Waals surface area (Å²) in [4.78, 5) is 36.5. The van der Waals surface area contributed by atoms with Gasteiger partial charge in [-0.3, -0.25) is 4.79 Å². The molecular weight excluding hydrogens is 324 g/mol. The van der Waals surface area contributed by atoms with Gasteiger partial charge in [-0.25, -0.2) is 9.59 Å². The third-order valence-electron chi connectivity index (χ3n) is 5.15. The SMILES string of the molecule is C=C(C)C(=O)O[C@H]1CC(C)=C2C(=O)C=C(C)[C@@]2(O)[C@H]2OC(=O)C(=C)[C@H]12. The molecule has 1 N–H and O–H groups in total. The number of carbonyl (C=O) groups is 3. The summed E-state index contributed by atoms with van der Waals surface area (Å²) in [6.07, 6.45) is -0.299. The molecule has 0 spiro atoms. The molecule has 132 valence electrons. The van der Waals surface area contributed by atoms with E-state index in [4.69, 9.17) is 9.47 Å². The number of ketones is 1. The largest absolute Gasteiger partial charge is 0.458 e. The van der Waals surface area contributed by atoms with Crippen LogP contribution in [0.15, 0.2) is 47.1 Å². The summed E-state index contributed by atoms with van der Waals surface area (Å²) in [5.74, 6) is -2.34. The van der Waals surface area contributed by atoms with Gasteiger partial charge in [0.25, 0.3) is 0 Å². The number of ether oxygens (including phenoxy) is 2. The van der Waals surface area contributed by atoms with Crippen LogP contribution in [0.25, 0.3) is 0 Å². The molecule has 1 fully saturated rings. The minimum atomic E-state index is -1.73. The Morgan fingerprint density at radius 3 is 2.64 bits per heavy atom. The second-order valence-corrected chi connectivity index (χ2v) is 6.92. The van der Waals surface area contributed by atoms with Crippen molar-refractivity contribution in [2.75, 3.05) is 0 Å². The maximum absolute atomic E-state index is 12.4. The normalized spacial score (nSPS) is 34.2. The molecule has 3 rings (SSSR count). The predicted octanol–water partition coefficient (Wildman–Crippen LogP) is 1.55. The zero-order chi connectivity index (χ0) is 18.7. The van der Waals surface area contributed by atoms with Gasteiger partial charge >= 0.3 is 11.9 Å². The van der Waals surface area contributed by atoms with Crippen LogP contribution in [-0.2, 0) is 23.9 Å². The lowest BCUT2D eigenvalue weighted by Crippen LogP contribution is -2.49. The Morgan fingerprint density at radius 1 is 1.40 bits per heavy atom. The van der Waals surface area contributed by atoms with Crippen LogP contribution in [0.4, 0.5) is 0 Å². The summed E-state index contributed by atoms with van der Waals surface area (Å²) in [5.41, 5.74) is -0.205. The van der Waals surface area contributed by atoms with Crippen LogP contribution in [0.2, 0.25) is 0 Å². The van der Waals surface area contributed by atoms with E-state index in [1.807, 2.05) is 0 Å². The van der Waals surface area contributed by atoms with Gasteiger partial charge in [0.15, 0.2) is 11.4 Å². The molecule has 4 atom stereocenters.